The van der Waals surface area contributed by atoms with E-state index in [4.69, 9.17) is 4.42 Å². The number of rotatable bonds is 4. The summed E-state index contributed by atoms with van der Waals surface area (Å²) in [6, 6.07) is 13.1. The van der Waals surface area contributed by atoms with Gasteiger partial charge in [-0.05, 0) is 17.0 Å². The normalized spacial score (nSPS) is 10.7. The molecule has 0 aliphatic carbocycles. The molecule has 2 heterocycles. The van der Waals surface area contributed by atoms with Crippen molar-refractivity contribution in [2.24, 2.45) is 0 Å². The summed E-state index contributed by atoms with van der Waals surface area (Å²) in [5, 5.41) is 13.8. The first-order valence-electron chi connectivity index (χ1n) is 6.30. The van der Waals surface area contributed by atoms with Crippen LogP contribution in [0, 0.1) is 0 Å². The molecule has 0 radical (unpaired) electrons. The molecular weight excluding hydrogens is 304 g/mol. The van der Waals surface area contributed by atoms with Crippen LogP contribution >= 0.6 is 23.1 Å². The summed E-state index contributed by atoms with van der Waals surface area (Å²) in [5.41, 5.74) is 1.38. The minimum atomic E-state index is -0.503. The Labute approximate surface area is 129 Å². The van der Waals surface area contributed by atoms with Gasteiger partial charge in [0, 0.05) is 22.8 Å². The van der Waals surface area contributed by atoms with Crippen LogP contribution in [-0.2, 0) is 5.75 Å². The van der Waals surface area contributed by atoms with Crippen molar-refractivity contribution in [3.63, 3.8) is 0 Å². The van der Waals surface area contributed by atoms with Crippen molar-refractivity contribution in [3.05, 3.63) is 69.2 Å². The number of thiophene rings is 1. The second-order valence-corrected chi connectivity index (χ2v) is 6.16. The van der Waals surface area contributed by atoms with E-state index in [0.29, 0.717) is 11.5 Å². The van der Waals surface area contributed by atoms with Gasteiger partial charge in [0.05, 0.1) is 0 Å². The van der Waals surface area contributed by atoms with E-state index in [2.05, 4.69) is 0 Å². The Morgan fingerprint density at radius 3 is 2.67 bits per heavy atom. The van der Waals surface area contributed by atoms with E-state index in [1.165, 1.54) is 29.2 Å². The SMILES string of the molecule is O=c1oc(-c2ccsc2)cc(O)c1SCc1ccccc1. The zero-order valence-electron chi connectivity index (χ0n) is 11.0. The number of hydrogen-bond donors (Lipinski definition) is 1. The van der Waals surface area contributed by atoms with Gasteiger partial charge in [0.1, 0.15) is 16.4 Å². The standard InChI is InChI=1S/C16H12O3S2/c17-13-8-14(12-6-7-20-10-12)19-16(18)15(13)21-9-11-4-2-1-3-5-11/h1-8,10,17H,9H2. The highest BCUT2D eigenvalue weighted by molar-refractivity contribution is 7.98. The van der Waals surface area contributed by atoms with Crippen molar-refractivity contribution in [1.82, 2.24) is 0 Å². The number of thioether (sulfide) groups is 1. The van der Waals surface area contributed by atoms with Gasteiger partial charge in [-0.1, -0.05) is 30.3 Å². The number of hydrogen-bond acceptors (Lipinski definition) is 5. The Hall–Kier alpha value is -1.98. The van der Waals surface area contributed by atoms with Crippen molar-refractivity contribution in [3.8, 4) is 17.1 Å². The van der Waals surface area contributed by atoms with Crippen LogP contribution in [0.1, 0.15) is 5.56 Å². The maximum Gasteiger partial charge on any atom is 0.353 e. The van der Waals surface area contributed by atoms with Crippen LogP contribution in [0.25, 0.3) is 11.3 Å². The average molecular weight is 316 g/mol. The molecule has 2 aromatic heterocycles. The van der Waals surface area contributed by atoms with E-state index in [0.717, 1.165) is 11.1 Å². The zero-order valence-corrected chi connectivity index (χ0v) is 12.6. The predicted octanol–water partition coefficient (Wildman–Crippen LogP) is 4.37. The highest BCUT2D eigenvalue weighted by Gasteiger charge is 2.13. The maximum absolute atomic E-state index is 12.0. The summed E-state index contributed by atoms with van der Waals surface area (Å²) in [5.74, 6) is 0.966. The van der Waals surface area contributed by atoms with Crippen LogP contribution in [0.3, 0.4) is 0 Å². The van der Waals surface area contributed by atoms with E-state index in [1.54, 1.807) is 0 Å². The van der Waals surface area contributed by atoms with E-state index in [-0.39, 0.29) is 10.6 Å². The lowest BCUT2D eigenvalue weighted by Crippen LogP contribution is -2.03. The molecule has 3 nitrogen and oxygen atoms in total. The highest BCUT2D eigenvalue weighted by atomic mass is 32.2. The van der Waals surface area contributed by atoms with Crippen LogP contribution in [-0.4, -0.2) is 5.11 Å². The fourth-order valence-electron chi connectivity index (χ4n) is 1.88. The molecule has 0 saturated carbocycles. The van der Waals surface area contributed by atoms with Gasteiger partial charge in [0.2, 0.25) is 0 Å². The van der Waals surface area contributed by atoms with Crippen LogP contribution in [0.15, 0.2) is 67.3 Å². The van der Waals surface area contributed by atoms with Crippen molar-refractivity contribution < 1.29 is 9.52 Å². The molecule has 0 spiro atoms. The molecule has 0 unspecified atom stereocenters. The fourth-order valence-corrected chi connectivity index (χ4v) is 3.39. The first kappa shape index (κ1) is 14.0. The van der Waals surface area contributed by atoms with Gasteiger partial charge >= 0.3 is 5.63 Å². The minimum Gasteiger partial charge on any atom is -0.506 e. The first-order chi connectivity index (χ1) is 10.2. The van der Waals surface area contributed by atoms with Crippen LogP contribution in [0.4, 0.5) is 0 Å². The van der Waals surface area contributed by atoms with E-state index < -0.39 is 5.63 Å². The van der Waals surface area contributed by atoms with Gasteiger partial charge in [-0.2, -0.15) is 11.3 Å². The van der Waals surface area contributed by atoms with Gasteiger partial charge in [-0.15, -0.1) is 11.8 Å². The predicted molar refractivity (Wildman–Crippen MR) is 86.0 cm³/mol. The van der Waals surface area contributed by atoms with Gasteiger partial charge in [0.25, 0.3) is 0 Å². The Bertz CT molecular complexity index is 777. The van der Waals surface area contributed by atoms with Crippen LogP contribution in [0.5, 0.6) is 5.75 Å². The zero-order chi connectivity index (χ0) is 14.7. The fraction of sp³-hybridized carbons (Fsp3) is 0.0625. The van der Waals surface area contributed by atoms with Crippen molar-refractivity contribution >= 4 is 23.1 Å². The molecule has 5 heteroatoms. The van der Waals surface area contributed by atoms with Gasteiger partial charge in [0.15, 0.2) is 0 Å². The van der Waals surface area contributed by atoms with Gasteiger partial charge < -0.3 is 9.52 Å². The molecular formula is C16H12O3S2. The molecule has 0 aliphatic heterocycles. The quantitative estimate of drug-likeness (QED) is 0.726. The molecule has 3 aromatic rings. The Balaban J connectivity index is 1.85. The molecule has 21 heavy (non-hydrogen) atoms. The van der Waals surface area contributed by atoms with Crippen molar-refractivity contribution in [1.29, 1.82) is 0 Å². The van der Waals surface area contributed by atoms with Crippen LogP contribution in [0.2, 0.25) is 0 Å². The summed E-state index contributed by atoms with van der Waals surface area (Å²) >= 11 is 2.79. The smallest absolute Gasteiger partial charge is 0.353 e. The maximum atomic E-state index is 12.0. The molecule has 0 saturated heterocycles. The largest absolute Gasteiger partial charge is 0.506 e. The number of benzene rings is 1. The molecule has 0 fully saturated rings. The third kappa shape index (κ3) is 3.20. The molecule has 0 bridgehead atoms. The summed E-state index contributed by atoms with van der Waals surface area (Å²) in [7, 11) is 0. The monoisotopic (exact) mass is 316 g/mol. The highest BCUT2D eigenvalue weighted by Crippen LogP contribution is 2.32. The topological polar surface area (TPSA) is 50.4 Å². The second-order valence-electron chi connectivity index (χ2n) is 4.40. The first-order valence-corrected chi connectivity index (χ1v) is 8.23. The van der Waals surface area contributed by atoms with Crippen molar-refractivity contribution in [2.45, 2.75) is 10.6 Å². The van der Waals surface area contributed by atoms with E-state index in [1.807, 2.05) is 47.2 Å². The third-order valence-corrected chi connectivity index (χ3v) is 4.75. The Morgan fingerprint density at radius 2 is 2.00 bits per heavy atom. The molecule has 0 amide bonds. The lowest BCUT2D eigenvalue weighted by Gasteiger charge is -2.05. The molecule has 3 rings (SSSR count). The molecule has 1 aromatic carbocycles. The number of aromatic hydroxyl groups is 1. The summed E-state index contributed by atoms with van der Waals surface area (Å²) in [6.07, 6.45) is 0. The molecule has 0 aliphatic rings. The van der Waals surface area contributed by atoms with Crippen LogP contribution < -0.4 is 5.63 Å². The van der Waals surface area contributed by atoms with Gasteiger partial charge in [-0.25, -0.2) is 4.79 Å². The van der Waals surface area contributed by atoms with E-state index >= 15 is 0 Å². The third-order valence-electron chi connectivity index (χ3n) is 2.92. The van der Waals surface area contributed by atoms with E-state index in [9.17, 15) is 9.90 Å². The summed E-state index contributed by atoms with van der Waals surface area (Å²) in [6.45, 7) is 0. The molecule has 1 N–H and O–H groups in total. The Kier molecular flexibility index (Phi) is 4.13. The Morgan fingerprint density at radius 1 is 1.19 bits per heavy atom. The van der Waals surface area contributed by atoms with Crippen molar-refractivity contribution in [2.75, 3.05) is 0 Å². The minimum absolute atomic E-state index is 0.0339. The lowest BCUT2D eigenvalue weighted by atomic mass is 10.2. The molecule has 106 valence electrons. The molecule has 0 atom stereocenters. The summed E-state index contributed by atoms with van der Waals surface area (Å²) in [4.78, 5) is 12.3. The summed E-state index contributed by atoms with van der Waals surface area (Å²) < 4.78 is 5.29. The van der Waals surface area contributed by atoms with Gasteiger partial charge in [-0.3, -0.25) is 0 Å². The lowest BCUT2D eigenvalue weighted by molar-refractivity contribution is 0.430. The second kappa shape index (κ2) is 6.20. The average Bonchev–Trinajstić information content (AvgIpc) is 3.01.